The van der Waals surface area contributed by atoms with Crippen molar-refractivity contribution in [2.45, 2.75) is 0 Å². The van der Waals surface area contributed by atoms with E-state index in [1.807, 2.05) is 54.6 Å². The summed E-state index contributed by atoms with van der Waals surface area (Å²) in [6, 6.07) is 20.5. The zero-order chi connectivity index (χ0) is 19.3. The summed E-state index contributed by atoms with van der Waals surface area (Å²) in [6.45, 7) is 0.270. The molecular formula is C23H19NO4. The van der Waals surface area contributed by atoms with Gasteiger partial charge >= 0.3 is 0 Å². The Morgan fingerprint density at radius 1 is 0.893 bits per heavy atom. The van der Waals surface area contributed by atoms with Crippen LogP contribution in [0.1, 0.15) is 21.5 Å². The van der Waals surface area contributed by atoms with Crippen LogP contribution in [-0.4, -0.2) is 19.8 Å². The molecule has 5 nitrogen and oxygen atoms in total. The highest BCUT2D eigenvalue weighted by Gasteiger charge is 2.12. The molecule has 3 aromatic rings. The Labute approximate surface area is 163 Å². The van der Waals surface area contributed by atoms with E-state index in [0.717, 1.165) is 34.1 Å². The van der Waals surface area contributed by atoms with Crippen molar-refractivity contribution in [1.82, 2.24) is 0 Å². The molecule has 28 heavy (non-hydrogen) atoms. The standard InChI is InChI=1S/C23H19NO4/c1-26-20-11-7-18(8-12-20)23(25)24-19-9-4-16(5-10-19)2-3-17-6-13-21-22(14-17)28-15-27-21/h2-14H,15H2,1H3,(H,24,25)/b3-2+. The molecule has 0 aliphatic carbocycles. The fourth-order valence-electron chi connectivity index (χ4n) is 2.83. The van der Waals surface area contributed by atoms with E-state index >= 15 is 0 Å². The molecule has 0 fully saturated rings. The molecule has 3 aromatic carbocycles. The van der Waals surface area contributed by atoms with Gasteiger partial charge in [0.15, 0.2) is 11.5 Å². The fraction of sp³-hybridized carbons (Fsp3) is 0.0870. The Morgan fingerprint density at radius 3 is 2.32 bits per heavy atom. The number of carbonyl (C=O) groups is 1. The first-order valence-corrected chi connectivity index (χ1v) is 8.84. The summed E-state index contributed by atoms with van der Waals surface area (Å²) in [4.78, 5) is 12.3. The molecule has 1 heterocycles. The monoisotopic (exact) mass is 373 g/mol. The van der Waals surface area contributed by atoms with Crippen molar-refractivity contribution in [3.63, 3.8) is 0 Å². The SMILES string of the molecule is COc1ccc(C(=O)Nc2ccc(/C=C/c3ccc4c(c3)OCO4)cc2)cc1. The van der Waals surface area contributed by atoms with Crippen molar-refractivity contribution in [2.24, 2.45) is 0 Å². The van der Waals surface area contributed by atoms with Crippen LogP contribution in [0.4, 0.5) is 5.69 Å². The lowest BCUT2D eigenvalue weighted by Crippen LogP contribution is -2.11. The summed E-state index contributed by atoms with van der Waals surface area (Å²) in [5, 5.41) is 2.89. The van der Waals surface area contributed by atoms with E-state index in [-0.39, 0.29) is 12.7 Å². The van der Waals surface area contributed by atoms with Gasteiger partial charge in [0.1, 0.15) is 5.75 Å². The van der Waals surface area contributed by atoms with Gasteiger partial charge in [-0.25, -0.2) is 0 Å². The number of nitrogens with one attached hydrogen (secondary N) is 1. The predicted octanol–water partition coefficient (Wildman–Crippen LogP) is 4.85. The van der Waals surface area contributed by atoms with E-state index in [4.69, 9.17) is 14.2 Å². The second-order valence-electron chi connectivity index (χ2n) is 6.25. The van der Waals surface area contributed by atoms with Gasteiger partial charge in [-0.05, 0) is 59.7 Å². The number of hydrogen-bond donors (Lipinski definition) is 1. The molecule has 0 atom stereocenters. The van der Waals surface area contributed by atoms with Crippen molar-refractivity contribution in [3.8, 4) is 17.2 Å². The van der Waals surface area contributed by atoms with Crippen LogP contribution in [0.15, 0.2) is 66.7 Å². The summed E-state index contributed by atoms with van der Waals surface area (Å²) >= 11 is 0. The van der Waals surface area contributed by atoms with E-state index in [2.05, 4.69) is 5.32 Å². The van der Waals surface area contributed by atoms with Gasteiger partial charge in [-0.2, -0.15) is 0 Å². The molecule has 0 unspecified atom stereocenters. The smallest absolute Gasteiger partial charge is 0.255 e. The van der Waals surface area contributed by atoms with Gasteiger partial charge in [-0.15, -0.1) is 0 Å². The molecule has 1 N–H and O–H groups in total. The van der Waals surface area contributed by atoms with Crippen molar-refractivity contribution in [3.05, 3.63) is 83.4 Å². The lowest BCUT2D eigenvalue weighted by molar-refractivity contribution is 0.102. The Balaban J connectivity index is 1.40. The third kappa shape index (κ3) is 3.99. The number of benzene rings is 3. The number of fused-ring (bicyclic) bond motifs is 1. The van der Waals surface area contributed by atoms with Crippen molar-refractivity contribution in [2.75, 3.05) is 19.2 Å². The Morgan fingerprint density at radius 2 is 1.57 bits per heavy atom. The summed E-state index contributed by atoms with van der Waals surface area (Å²) in [5.74, 6) is 2.09. The topological polar surface area (TPSA) is 56.8 Å². The lowest BCUT2D eigenvalue weighted by atomic mass is 10.1. The Kier molecular flexibility index (Phi) is 4.97. The molecule has 4 rings (SSSR count). The molecule has 0 saturated heterocycles. The highest BCUT2D eigenvalue weighted by molar-refractivity contribution is 6.04. The molecule has 1 aliphatic heterocycles. The van der Waals surface area contributed by atoms with E-state index in [0.29, 0.717) is 5.56 Å². The largest absolute Gasteiger partial charge is 0.497 e. The van der Waals surface area contributed by atoms with E-state index < -0.39 is 0 Å². The fourth-order valence-corrected chi connectivity index (χ4v) is 2.83. The maximum atomic E-state index is 12.3. The molecule has 0 radical (unpaired) electrons. The van der Waals surface area contributed by atoms with Crippen molar-refractivity contribution in [1.29, 1.82) is 0 Å². The molecule has 5 heteroatoms. The van der Waals surface area contributed by atoms with Crippen LogP contribution in [0.2, 0.25) is 0 Å². The number of anilines is 1. The van der Waals surface area contributed by atoms with Crippen LogP contribution in [0.3, 0.4) is 0 Å². The first-order chi connectivity index (χ1) is 13.7. The number of rotatable bonds is 5. The van der Waals surface area contributed by atoms with Gasteiger partial charge in [-0.1, -0.05) is 30.4 Å². The molecule has 0 bridgehead atoms. The third-order valence-corrected chi connectivity index (χ3v) is 4.39. The van der Waals surface area contributed by atoms with Crippen LogP contribution in [0.25, 0.3) is 12.2 Å². The molecule has 1 aliphatic rings. The zero-order valence-electron chi connectivity index (χ0n) is 15.3. The van der Waals surface area contributed by atoms with E-state index in [1.54, 1.807) is 31.4 Å². The minimum absolute atomic E-state index is 0.161. The number of methoxy groups -OCH3 is 1. The van der Waals surface area contributed by atoms with Crippen molar-refractivity contribution >= 4 is 23.7 Å². The van der Waals surface area contributed by atoms with E-state index in [9.17, 15) is 4.79 Å². The maximum Gasteiger partial charge on any atom is 0.255 e. The Bertz CT molecular complexity index is 1010. The average Bonchev–Trinajstić information content (AvgIpc) is 3.21. The minimum Gasteiger partial charge on any atom is -0.497 e. The number of amides is 1. The van der Waals surface area contributed by atoms with E-state index in [1.165, 1.54) is 0 Å². The summed E-state index contributed by atoms with van der Waals surface area (Å²) in [7, 11) is 1.59. The predicted molar refractivity (Wildman–Crippen MR) is 109 cm³/mol. The second kappa shape index (κ2) is 7.88. The number of hydrogen-bond acceptors (Lipinski definition) is 4. The average molecular weight is 373 g/mol. The normalized spacial score (nSPS) is 12.2. The summed E-state index contributed by atoms with van der Waals surface area (Å²) in [5.41, 5.74) is 3.37. The quantitative estimate of drug-likeness (QED) is 0.650. The van der Waals surface area contributed by atoms with Gasteiger partial charge < -0.3 is 19.5 Å². The molecule has 0 spiro atoms. The first kappa shape index (κ1) is 17.7. The van der Waals surface area contributed by atoms with Gasteiger partial charge in [0.2, 0.25) is 6.79 Å². The molecule has 0 aromatic heterocycles. The first-order valence-electron chi connectivity index (χ1n) is 8.84. The number of carbonyl (C=O) groups excluding carboxylic acids is 1. The molecular weight excluding hydrogens is 354 g/mol. The van der Waals surface area contributed by atoms with Gasteiger partial charge in [-0.3, -0.25) is 4.79 Å². The van der Waals surface area contributed by atoms with Crippen LogP contribution in [-0.2, 0) is 0 Å². The van der Waals surface area contributed by atoms with Crippen LogP contribution in [0.5, 0.6) is 17.2 Å². The zero-order valence-corrected chi connectivity index (χ0v) is 15.3. The highest BCUT2D eigenvalue weighted by atomic mass is 16.7. The van der Waals surface area contributed by atoms with Crippen LogP contribution < -0.4 is 19.5 Å². The molecule has 140 valence electrons. The third-order valence-electron chi connectivity index (χ3n) is 4.39. The lowest BCUT2D eigenvalue weighted by Gasteiger charge is -2.06. The van der Waals surface area contributed by atoms with Crippen molar-refractivity contribution < 1.29 is 19.0 Å². The maximum absolute atomic E-state index is 12.3. The highest BCUT2D eigenvalue weighted by Crippen LogP contribution is 2.33. The van der Waals surface area contributed by atoms with Crippen LogP contribution >= 0.6 is 0 Å². The summed E-state index contributed by atoms with van der Waals surface area (Å²) in [6.07, 6.45) is 4.01. The minimum atomic E-state index is -0.161. The Hall–Kier alpha value is -3.73. The van der Waals surface area contributed by atoms with Gasteiger partial charge in [0.05, 0.1) is 7.11 Å². The molecule has 1 amide bonds. The van der Waals surface area contributed by atoms with Gasteiger partial charge in [0.25, 0.3) is 5.91 Å². The van der Waals surface area contributed by atoms with Gasteiger partial charge in [0, 0.05) is 11.3 Å². The number of ether oxygens (including phenoxy) is 3. The summed E-state index contributed by atoms with van der Waals surface area (Å²) < 4.78 is 15.8. The second-order valence-corrected chi connectivity index (χ2v) is 6.25. The molecule has 0 saturated carbocycles. The van der Waals surface area contributed by atoms with Crippen LogP contribution in [0, 0.1) is 0 Å².